The Morgan fingerprint density at radius 3 is 2.33 bits per heavy atom. The summed E-state index contributed by atoms with van der Waals surface area (Å²) >= 11 is 0. The van der Waals surface area contributed by atoms with Crippen LogP contribution in [0, 0.1) is 0 Å². The number of para-hydroxylation sites is 2. The second-order valence-corrected chi connectivity index (χ2v) is 5.91. The molecule has 0 N–H and O–H groups in total. The number of benzene rings is 2. The van der Waals surface area contributed by atoms with E-state index in [2.05, 4.69) is 9.97 Å². The average Bonchev–Trinajstić information content (AvgIpc) is 3.05. The Morgan fingerprint density at radius 2 is 1.56 bits per heavy atom. The minimum Gasteiger partial charge on any atom is -0.276 e. The lowest BCUT2D eigenvalue weighted by molar-refractivity contribution is -0.137. The lowest BCUT2D eigenvalue weighted by Gasteiger charge is -2.14. The first-order chi connectivity index (χ1) is 13.0. The molecule has 27 heavy (non-hydrogen) atoms. The Morgan fingerprint density at radius 1 is 0.815 bits per heavy atom. The molecule has 2 heterocycles. The van der Waals surface area contributed by atoms with Crippen molar-refractivity contribution in [2.24, 2.45) is 0 Å². The molecule has 2 aromatic carbocycles. The standard InChI is InChI=1S/C21H14F3N3/c22-21(23,24)16-9-6-14-25-20(16)27-18-11-5-4-10-17(18)26-19(27)13-12-15-7-2-1-3-8-15/h1-14H. The zero-order chi connectivity index (χ0) is 18.9. The van der Waals surface area contributed by atoms with Gasteiger partial charge in [-0.3, -0.25) is 4.57 Å². The normalized spacial score (nSPS) is 12.1. The molecule has 0 saturated heterocycles. The van der Waals surface area contributed by atoms with E-state index in [1.807, 2.05) is 36.4 Å². The topological polar surface area (TPSA) is 30.7 Å². The summed E-state index contributed by atoms with van der Waals surface area (Å²) in [6.07, 6.45) is 0.345. The molecular weight excluding hydrogens is 351 g/mol. The van der Waals surface area contributed by atoms with Crippen molar-refractivity contribution in [1.29, 1.82) is 0 Å². The zero-order valence-corrected chi connectivity index (χ0v) is 14.1. The summed E-state index contributed by atoms with van der Waals surface area (Å²) in [5.74, 6) is 0.190. The molecule has 0 unspecified atom stereocenters. The van der Waals surface area contributed by atoms with Crippen LogP contribution >= 0.6 is 0 Å². The third kappa shape index (κ3) is 3.33. The Bertz CT molecular complexity index is 1110. The zero-order valence-electron chi connectivity index (χ0n) is 14.1. The Hall–Kier alpha value is -3.41. The monoisotopic (exact) mass is 365 g/mol. The number of aromatic nitrogens is 3. The van der Waals surface area contributed by atoms with Crippen LogP contribution in [-0.2, 0) is 6.18 Å². The first-order valence-electron chi connectivity index (χ1n) is 8.27. The van der Waals surface area contributed by atoms with Crippen molar-refractivity contribution in [1.82, 2.24) is 14.5 Å². The van der Waals surface area contributed by atoms with E-state index in [0.717, 1.165) is 11.6 Å². The molecule has 0 amide bonds. The molecule has 0 saturated carbocycles. The van der Waals surface area contributed by atoms with Gasteiger partial charge in [-0.25, -0.2) is 9.97 Å². The molecule has 4 rings (SSSR count). The summed E-state index contributed by atoms with van der Waals surface area (Å²) in [6.45, 7) is 0. The van der Waals surface area contributed by atoms with Gasteiger partial charge in [0.05, 0.1) is 16.6 Å². The molecule has 6 heteroatoms. The minimum atomic E-state index is -4.52. The smallest absolute Gasteiger partial charge is 0.276 e. The van der Waals surface area contributed by atoms with Crippen molar-refractivity contribution in [2.45, 2.75) is 6.18 Å². The number of alkyl halides is 3. The van der Waals surface area contributed by atoms with E-state index in [4.69, 9.17) is 0 Å². The van der Waals surface area contributed by atoms with E-state index >= 15 is 0 Å². The number of hydrogen-bond donors (Lipinski definition) is 0. The molecule has 0 radical (unpaired) electrons. The second-order valence-electron chi connectivity index (χ2n) is 5.91. The van der Waals surface area contributed by atoms with Crippen molar-refractivity contribution in [3.63, 3.8) is 0 Å². The van der Waals surface area contributed by atoms with Gasteiger partial charge in [-0.2, -0.15) is 13.2 Å². The van der Waals surface area contributed by atoms with Gasteiger partial charge in [0.25, 0.3) is 0 Å². The lowest BCUT2D eigenvalue weighted by atomic mass is 10.2. The van der Waals surface area contributed by atoms with Crippen molar-refractivity contribution >= 4 is 23.2 Å². The van der Waals surface area contributed by atoms with E-state index in [1.54, 1.807) is 30.3 Å². The van der Waals surface area contributed by atoms with Crippen molar-refractivity contribution in [3.8, 4) is 5.82 Å². The van der Waals surface area contributed by atoms with Crippen LogP contribution < -0.4 is 0 Å². The number of nitrogens with zero attached hydrogens (tertiary/aromatic N) is 3. The second kappa shape index (κ2) is 6.72. The molecular formula is C21H14F3N3. The van der Waals surface area contributed by atoms with Crippen LogP contribution in [0.3, 0.4) is 0 Å². The molecule has 4 aromatic rings. The molecule has 0 aliphatic rings. The molecule has 3 nitrogen and oxygen atoms in total. The van der Waals surface area contributed by atoms with Crippen LogP contribution in [0.2, 0.25) is 0 Å². The first-order valence-corrected chi connectivity index (χ1v) is 8.27. The van der Waals surface area contributed by atoms with Gasteiger partial charge in [-0.1, -0.05) is 48.5 Å². The predicted molar refractivity (Wildman–Crippen MR) is 99.2 cm³/mol. The molecule has 2 aromatic heterocycles. The molecule has 0 aliphatic heterocycles. The SMILES string of the molecule is FC(F)(F)c1cccnc1-n1c(C=Cc2ccccc2)nc2ccccc21. The Labute approximate surface area is 153 Å². The van der Waals surface area contributed by atoms with Gasteiger partial charge in [0.2, 0.25) is 0 Å². The maximum absolute atomic E-state index is 13.5. The highest BCUT2D eigenvalue weighted by Gasteiger charge is 2.35. The van der Waals surface area contributed by atoms with E-state index in [9.17, 15) is 13.2 Å². The molecule has 0 bridgehead atoms. The summed E-state index contributed by atoms with van der Waals surface area (Å²) in [7, 11) is 0. The van der Waals surface area contributed by atoms with E-state index in [0.29, 0.717) is 16.9 Å². The fourth-order valence-electron chi connectivity index (χ4n) is 2.91. The van der Waals surface area contributed by atoms with Crippen LogP contribution in [0.1, 0.15) is 17.0 Å². The number of fused-ring (bicyclic) bond motifs is 1. The van der Waals surface area contributed by atoms with Crippen LogP contribution in [0.5, 0.6) is 0 Å². The van der Waals surface area contributed by atoms with Crippen molar-refractivity contribution < 1.29 is 13.2 Å². The molecule has 134 valence electrons. The number of halogens is 3. The van der Waals surface area contributed by atoms with Gasteiger partial charge in [-0.05, 0) is 35.9 Å². The number of rotatable bonds is 3. The average molecular weight is 365 g/mol. The van der Waals surface area contributed by atoms with Crippen LogP contribution in [-0.4, -0.2) is 14.5 Å². The number of imidazole rings is 1. The highest BCUT2D eigenvalue weighted by molar-refractivity contribution is 5.82. The van der Waals surface area contributed by atoms with E-state index in [1.165, 1.54) is 16.8 Å². The largest absolute Gasteiger partial charge is 0.419 e. The summed E-state index contributed by atoms with van der Waals surface area (Å²) in [6, 6.07) is 18.9. The Kier molecular flexibility index (Phi) is 4.24. The van der Waals surface area contributed by atoms with E-state index in [-0.39, 0.29) is 5.82 Å². The van der Waals surface area contributed by atoms with Gasteiger partial charge < -0.3 is 0 Å². The van der Waals surface area contributed by atoms with Gasteiger partial charge in [0.15, 0.2) is 5.82 Å². The van der Waals surface area contributed by atoms with Gasteiger partial charge in [0, 0.05) is 6.20 Å². The fraction of sp³-hybridized carbons (Fsp3) is 0.0476. The van der Waals surface area contributed by atoms with Crippen molar-refractivity contribution in [2.75, 3.05) is 0 Å². The van der Waals surface area contributed by atoms with Crippen LogP contribution in [0.25, 0.3) is 29.0 Å². The summed E-state index contributed by atoms with van der Waals surface area (Å²) in [4.78, 5) is 8.52. The number of pyridine rings is 1. The van der Waals surface area contributed by atoms with Crippen LogP contribution in [0.4, 0.5) is 13.2 Å². The molecule has 0 aliphatic carbocycles. The highest BCUT2D eigenvalue weighted by atomic mass is 19.4. The summed E-state index contributed by atoms with van der Waals surface area (Å²) < 4.78 is 42.0. The first kappa shape index (κ1) is 17.0. The van der Waals surface area contributed by atoms with Crippen LogP contribution in [0.15, 0.2) is 72.9 Å². The van der Waals surface area contributed by atoms with Gasteiger partial charge in [0.1, 0.15) is 5.82 Å². The van der Waals surface area contributed by atoms with Gasteiger partial charge in [-0.15, -0.1) is 0 Å². The molecule has 0 spiro atoms. The highest BCUT2D eigenvalue weighted by Crippen LogP contribution is 2.34. The summed E-state index contributed by atoms with van der Waals surface area (Å²) in [5.41, 5.74) is 1.29. The molecule has 0 fully saturated rings. The molecule has 0 atom stereocenters. The quantitative estimate of drug-likeness (QED) is 0.472. The predicted octanol–water partition coefficient (Wildman–Crippen LogP) is 5.61. The fourth-order valence-corrected chi connectivity index (χ4v) is 2.91. The van der Waals surface area contributed by atoms with Gasteiger partial charge >= 0.3 is 6.18 Å². The van der Waals surface area contributed by atoms with Crippen molar-refractivity contribution in [3.05, 3.63) is 89.9 Å². The lowest BCUT2D eigenvalue weighted by Crippen LogP contribution is -2.13. The minimum absolute atomic E-state index is 0.189. The maximum Gasteiger partial charge on any atom is 0.419 e. The number of hydrogen-bond acceptors (Lipinski definition) is 2. The third-order valence-electron chi connectivity index (χ3n) is 4.12. The summed E-state index contributed by atoms with van der Waals surface area (Å²) in [5, 5.41) is 0. The Balaban J connectivity index is 1.94. The van der Waals surface area contributed by atoms with E-state index < -0.39 is 11.7 Å². The third-order valence-corrected chi connectivity index (χ3v) is 4.12. The maximum atomic E-state index is 13.5.